The number of Topliss-reactive ketones (excluding diaryl/α,β-unsaturated/α-hetero) is 1. The van der Waals surface area contributed by atoms with Crippen LogP contribution >= 0.6 is 11.6 Å². The van der Waals surface area contributed by atoms with Crippen molar-refractivity contribution >= 4 is 40.1 Å². The van der Waals surface area contributed by atoms with Crippen LogP contribution in [0.2, 0.25) is 5.02 Å². The van der Waals surface area contributed by atoms with Gasteiger partial charge < -0.3 is 8.83 Å². The Labute approximate surface area is 183 Å². The van der Waals surface area contributed by atoms with Crippen LogP contribution < -0.4 is 0 Å². The van der Waals surface area contributed by atoms with E-state index in [9.17, 15) is 4.79 Å². The van der Waals surface area contributed by atoms with Crippen molar-refractivity contribution in [3.8, 4) is 11.3 Å². The number of oxazole rings is 1. The Hall–Kier alpha value is -3.89. The second-order valence-corrected chi connectivity index (χ2v) is 7.33. The summed E-state index contributed by atoms with van der Waals surface area (Å²) in [6.45, 7) is 0. The summed E-state index contributed by atoms with van der Waals surface area (Å²) < 4.78 is 11.9. The minimum absolute atomic E-state index is 0.206. The third kappa shape index (κ3) is 3.81. The Morgan fingerprint density at radius 3 is 2.35 bits per heavy atom. The number of allylic oxidation sites excluding steroid dienone is 1. The van der Waals surface area contributed by atoms with E-state index >= 15 is 0 Å². The molecule has 5 aromatic rings. The monoisotopic (exact) mass is 425 g/mol. The lowest BCUT2D eigenvalue weighted by atomic mass is 10.0. The average molecular weight is 426 g/mol. The van der Waals surface area contributed by atoms with Gasteiger partial charge in [-0.2, -0.15) is 0 Å². The Kier molecular flexibility index (Phi) is 4.98. The van der Waals surface area contributed by atoms with Gasteiger partial charge in [-0.1, -0.05) is 66.2 Å². The lowest BCUT2D eigenvalue weighted by molar-refractivity contribution is 0.105. The molecule has 0 aliphatic heterocycles. The van der Waals surface area contributed by atoms with Crippen molar-refractivity contribution in [1.29, 1.82) is 0 Å². The molecule has 5 rings (SSSR count). The largest absolute Gasteiger partial charge is 0.457 e. The summed E-state index contributed by atoms with van der Waals surface area (Å²) in [5, 5.41) is 0.590. The molecule has 150 valence electrons. The van der Waals surface area contributed by atoms with E-state index in [0.717, 1.165) is 5.56 Å². The van der Waals surface area contributed by atoms with Crippen molar-refractivity contribution in [2.75, 3.05) is 0 Å². The average Bonchev–Trinajstić information content (AvgIpc) is 3.45. The number of benzene rings is 3. The summed E-state index contributed by atoms with van der Waals surface area (Å²) in [7, 11) is 0. The first-order chi connectivity index (χ1) is 15.2. The number of nitrogens with zero attached hydrogens (tertiary/aromatic N) is 1. The van der Waals surface area contributed by atoms with Crippen LogP contribution in [0.4, 0.5) is 0 Å². The first-order valence-corrected chi connectivity index (χ1v) is 10.1. The summed E-state index contributed by atoms with van der Waals surface area (Å²) in [6, 6.07) is 27.5. The van der Waals surface area contributed by atoms with Crippen LogP contribution in [0.3, 0.4) is 0 Å². The normalized spacial score (nSPS) is 11.7. The quantitative estimate of drug-likeness (QED) is 0.221. The number of hydrogen-bond donors (Lipinski definition) is 0. The summed E-state index contributed by atoms with van der Waals surface area (Å²) in [5.74, 6) is 1.14. The zero-order valence-electron chi connectivity index (χ0n) is 16.3. The van der Waals surface area contributed by atoms with Crippen LogP contribution in [0.1, 0.15) is 22.0 Å². The molecular formula is C26H16ClNO3. The SMILES string of the molecule is O=C(C(=Cc1ccc(-c2ccccc2Cl)o1)c1nc2ccccc2o1)c1ccccc1. The van der Waals surface area contributed by atoms with Gasteiger partial charge in [0.25, 0.3) is 0 Å². The number of ketones is 1. The predicted octanol–water partition coefficient (Wildman–Crippen LogP) is 7.16. The number of aromatic nitrogens is 1. The van der Waals surface area contributed by atoms with E-state index in [2.05, 4.69) is 4.98 Å². The Morgan fingerprint density at radius 2 is 1.55 bits per heavy atom. The molecule has 0 fully saturated rings. The molecule has 0 saturated heterocycles. The standard InChI is InChI=1S/C26H16ClNO3/c27-21-11-5-4-10-19(21)23-15-14-18(30-23)16-20(25(29)17-8-2-1-3-9-17)26-28-22-12-6-7-13-24(22)31-26/h1-16H. The molecule has 0 radical (unpaired) electrons. The molecule has 2 heterocycles. The molecule has 4 nitrogen and oxygen atoms in total. The number of fused-ring (bicyclic) bond motifs is 1. The van der Waals surface area contributed by atoms with E-state index in [1.165, 1.54) is 0 Å². The second kappa shape index (κ2) is 8.09. The molecule has 0 aliphatic carbocycles. The number of carbonyl (C=O) groups is 1. The second-order valence-electron chi connectivity index (χ2n) is 6.92. The van der Waals surface area contributed by atoms with Crippen molar-refractivity contribution in [2.45, 2.75) is 0 Å². The smallest absolute Gasteiger partial charge is 0.231 e. The van der Waals surface area contributed by atoms with Crippen LogP contribution in [0.15, 0.2) is 99.8 Å². The number of para-hydroxylation sites is 2. The fourth-order valence-electron chi connectivity index (χ4n) is 3.34. The lowest BCUT2D eigenvalue weighted by Crippen LogP contribution is -2.03. The molecule has 0 spiro atoms. The first kappa shape index (κ1) is 19.1. The molecule has 31 heavy (non-hydrogen) atoms. The fraction of sp³-hybridized carbons (Fsp3) is 0. The predicted molar refractivity (Wildman–Crippen MR) is 122 cm³/mol. The summed E-state index contributed by atoms with van der Waals surface area (Å²) in [6.07, 6.45) is 1.65. The van der Waals surface area contributed by atoms with Gasteiger partial charge in [-0.05, 0) is 42.5 Å². The van der Waals surface area contributed by atoms with E-state index in [4.69, 9.17) is 20.4 Å². The van der Waals surface area contributed by atoms with E-state index in [-0.39, 0.29) is 11.7 Å². The first-order valence-electron chi connectivity index (χ1n) is 9.71. The molecule has 0 amide bonds. The van der Waals surface area contributed by atoms with Gasteiger partial charge in [0, 0.05) is 11.1 Å². The van der Waals surface area contributed by atoms with Gasteiger partial charge in [-0.25, -0.2) is 4.98 Å². The van der Waals surface area contributed by atoms with Crippen molar-refractivity contribution in [3.63, 3.8) is 0 Å². The Bertz CT molecular complexity index is 1380. The summed E-state index contributed by atoms with van der Waals surface area (Å²) in [5.41, 5.74) is 2.92. The van der Waals surface area contributed by atoms with Crippen LogP contribution in [-0.4, -0.2) is 10.8 Å². The number of carbonyl (C=O) groups excluding carboxylic acids is 1. The van der Waals surface area contributed by atoms with Crippen LogP contribution in [0.5, 0.6) is 0 Å². The zero-order chi connectivity index (χ0) is 21.2. The highest BCUT2D eigenvalue weighted by molar-refractivity contribution is 6.33. The van der Waals surface area contributed by atoms with Crippen LogP contribution in [-0.2, 0) is 0 Å². The molecule has 0 atom stereocenters. The number of halogens is 1. The molecule has 2 aromatic heterocycles. The topological polar surface area (TPSA) is 56.2 Å². The molecule has 5 heteroatoms. The van der Waals surface area contributed by atoms with Crippen LogP contribution in [0, 0.1) is 0 Å². The Balaban J connectivity index is 1.61. The van der Waals surface area contributed by atoms with Gasteiger partial charge in [0.2, 0.25) is 5.89 Å². The highest BCUT2D eigenvalue weighted by atomic mass is 35.5. The van der Waals surface area contributed by atoms with E-state index in [1.54, 1.807) is 30.3 Å². The minimum atomic E-state index is -0.206. The lowest BCUT2D eigenvalue weighted by Gasteiger charge is -2.03. The molecule has 0 N–H and O–H groups in total. The van der Waals surface area contributed by atoms with Gasteiger partial charge in [-0.3, -0.25) is 4.79 Å². The van der Waals surface area contributed by atoms with Gasteiger partial charge in [0.05, 0.1) is 10.6 Å². The molecule has 0 bridgehead atoms. The van der Waals surface area contributed by atoms with Gasteiger partial charge in [0.1, 0.15) is 17.0 Å². The number of rotatable bonds is 5. The highest BCUT2D eigenvalue weighted by Gasteiger charge is 2.21. The molecule has 0 aliphatic rings. The van der Waals surface area contributed by atoms with E-state index in [0.29, 0.717) is 38.8 Å². The van der Waals surface area contributed by atoms with Gasteiger partial charge >= 0.3 is 0 Å². The number of hydrogen-bond acceptors (Lipinski definition) is 4. The third-order valence-corrected chi connectivity index (χ3v) is 5.19. The third-order valence-electron chi connectivity index (χ3n) is 4.86. The van der Waals surface area contributed by atoms with E-state index in [1.807, 2.05) is 66.7 Å². The zero-order valence-corrected chi connectivity index (χ0v) is 17.0. The summed E-state index contributed by atoms with van der Waals surface area (Å²) in [4.78, 5) is 17.8. The van der Waals surface area contributed by atoms with Crippen molar-refractivity contribution in [3.05, 3.63) is 113 Å². The fourth-order valence-corrected chi connectivity index (χ4v) is 3.56. The van der Waals surface area contributed by atoms with Gasteiger partial charge in [-0.15, -0.1) is 0 Å². The Morgan fingerprint density at radius 1 is 0.806 bits per heavy atom. The maximum Gasteiger partial charge on any atom is 0.231 e. The molecular weight excluding hydrogens is 410 g/mol. The molecule has 0 saturated carbocycles. The van der Waals surface area contributed by atoms with Gasteiger partial charge in [0.15, 0.2) is 11.4 Å². The van der Waals surface area contributed by atoms with Crippen molar-refractivity contribution in [1.82, 2.24) is 4.98 Å². The van der Waals surface area contributed by atoms with Crippen molar-refractivity contribution < 1.29 is 13.6 Å². The van der Waals surface area contributed by atoms with E-state index < -0.39 is 0 Å². The minimum Gasteiger partial charge on any atom is -0.457 e. The molecule has 0 unspecified atom stereocenters. The van der Waals surface area contributed by atoms with Crippen molar-refractivity contribution in [2.24, 2.45) is 0 Å². The number of furan rings is 1. The highest BCUT2D eigenvalue weighted by Crippen LogP contribution is 2.31. The molecule has 3 aromatic carbocycles. The maximum atomic E-state index is 13.3. The van der Waals surface area contributed by atoms with Crippen LogP contribution in [0.25, 0.3) is 34.1 Å². The maximum absolute atomic E-state index is 13.3. The summed E-state index contributed by atoms with van der Waals surface area (Å²) >= 11 is 6.29.